The third-order valence-electron chi connectivity index (χ3n) is 5.52. The highest BCUT2D eigenvalue weighted by atomic mass is 16.5. The van der Waals surface area contributed by atoms with E-state index < -0.39 is 11.4 Å². The average molecular weight is 434 g/mol. The van der Waals surface area contributed by atoms with Crippen molar-refractivity contribution in [3.63, 3.8) is 0 Å². The molecule has 0 aliphatic carbocycles. The van der Waals surface area contributed by atoms with Crippen molar-refractivity contribution in [2.75, 3.05) is 12.1 Å². The van der Waals surface area contributed by atoms with Crippen LogP contribution >= 0.6 is 0 Å². The predicted octanol–water partition coefficient (Wildman–Crippen LogP) is 4.05. The molecule has 2 heterocycles. The van der Waals surface area contributed by atoms with Gasteiger partial charge in [-0.2, -0.15) is 0 Å². The minimum absolute atomic E-state index is 0.263. The van der Waals surface area contributed by atoms with Gasteiger partial charge >= 0.3 is 5.97 Å². The second kappa shape index (κ2) is 8.07. The van der Waals surface area contributed by atoms with Gasteiger partial charge in [-0.15, -0.1) is 0 Å². The molecule has 32 heavy (non-hydrogen) atoms. The third kappa shape index (κ3) is 3.93. The van der Waals surface area contributed by atoms with Crippen LogP contribution in [0.1, 0.15) is 42.3 Å². The molecule has 0 radical (unpaired) electrons. The number of aromatic carboxylic acids is 1. The first-order chi connectivity index (χ1) is 15.2. The van der Waals surface area contributed by atoms with Crippen LogP contribution in [0.15, 0.2) is 59.5 Å². The Hall–Kier alpha value is -3.74. The summed E-state index contributed by atoms with van der Waals surface area (Å²) in [5.74, 6) is -0.0840. The summed E-state index contributed by atoms with van der Waals surface area (Å²) < 4.78 is 13.4. The Morgan fingerprint density at radius 1 is 1.09 bits per heavy atom. The Balaban J connectivity index is 1.83. The summed E-state index contributed by atoms with van der Waals surface area (Å²) in [5, 5.41) is 11.5. The number of pyridine rings is 1. The molecule has 1 aromatic heterocycles. The van der Waals surface area contributed by atoms with Crippen molar-refractivity contribution in [2.24, 2.45) is 0 Å². The quantitative estimate of drug-likeness (QED) is 0.653. The second-order valence-electron chi connectivity index (χ2n) is 8.75. The number of carbonyl (C=O) groups is 1. The fraction of sp³-hybridized carbons (Fsp3) is 0.280. The van der Waals surface area contributed by atoms with Gasteiger partial charge in [0, 0.05) is 23.4 Å². The number of nitrogens with zero attached hydrogens (tertiary/aromatic N) is 2. The number of rotatable bonds is 5. The zero-order valence-corrected chi connectivity index (χ0v) is 18.6. The molecule has 0 amide bonds. The maximum Gasteiger partial charge on any atom is 0.341 e. The Labute approximate surface area is 186 Å². The molecule has 0 unspecified atom stereocenters. The molecule has 7 heteroatoms. The molecule has 0 fully saturated rings. The van der Waals surface area contributed by atoms with E-state index in [2.05, 4.69) is 0 Å². The lowest BCUT2D eigenvalue weighted by Crippen LogP contribution is -2.51. The molecule has 3 aromatic rings. The fourth-order valence-corrected chi connectivity index (χ4v) is 3.86. The second-order valence-corrected chi connectivity index (χ2v) is 8.75. The molecular formula is C25H26N2O5. The van der Waals surface area contributed by atoms with Crippen molar-refractivity contribution >= 4 is 5.97 Å². The number of hydrogen-bond donors (Lipinski definition) is 1. The van der Waals surface area contributed by atoms with Crippen molar-refractivity contribution in [1.82, 2.24) is 4.68 Å². The van der Waals surface area contributed by atoms with Crippen LogP contribution < -0.4 is 19.9 Å². The summed E-state index contributed by atoms with van der Waals surface area (Å²) in [6, 6.07) is 15.0. The minimum atomic E-state index is -1.24. The highest BCUT2D eigenvalue weighted by Crippen LogP contribution is 2.40. The van der Waals surface area contributed by atoms with Gasteiger partial charge in [0.05, 0.1) is 19.3 Å². The van der Waals surface area contributed by atoms with E-state index in [4.69, 9.17) is 9.47 Å². The van der Waals surface area contributed by atoms with Gasteiger partial charge in [0.25, 0.3) is 0 Å². The van der Waals surface area contributed by atoms with E-state index in [9.17, 15) is 14.7 Å². The first-order valence-electron chi connectivity index (χ1n) is 10.3. The summed E-state index contributed by atoms with van der Waals surface area (Å²) >= 11 is 0. The lowest BCUT2D eigenvalue weighted by Gasteiger charge is -2.43. The van der Waals surface area contributed by atoms with Crippen LogP contribution in [0.4, 0.5) is 0 Å². The van der Waals surface area contributed by atoms with Crippen LogP contribution in [-0.4, -0.2) is 28.4 Å². The molecule has 0 atom stereocenters. The number of carboxylic acid groups (broad SMARTS) is 1. The van der Waals surface area contributed by atoms with E-state index in [-0.39, 0.29) is 11.1 Å². The molecule has 2 aromatic carbocycles. The first kappa shape index (κ1) is 21.5. The number of ether oxygens (including phenoxy) is 2. The van der Waals surface area contributed by atoms with E-state index in [1.807, 2.05) is 68.2 Å². The SMILES string of the molecule is COc1cc2c(cc1OCc1ccccc1)CN(C(C)(C)C)n1cc(C(=O)O)c(=O)cc1-2. The number of fused-ring (bicyclic) bond motifs is 3. The maximum atomic E-state index is 12.5. The smallest absolute Gasteiger partial charge is 0.341 e. The van der Waals surface area contributed by atoms with Crippen LogP contribution in [0.2, 0.25) is 0 Å². The highest BCUT2D eigenvalue weighted by molar-refractivity contribution is 5.88. The van der Waals surface area contributed by atoms with Crippen LogP contribution in [0.5, 0.6) is 11.5 Å². The van der Waals surface area contributed by atoms with Gasteiger partial charge in [0.15, 0.2) is 16.9 Å². The van der Waals surface area contributed by atoms with Gasteiger partial charge in [-0.1, -0.05) is 30.3 Å². The molecule has 1 N–H and O–H groups in total. The minimum Gasteiger partial charge on any atom is -0.493 e. The highest BCUT2D eigenvalue weighted by Gasteiger charge is 2.31. The molecule has 4 rings (SSSR count). The van der Waals surface area contributed by atoms with Crippen molar-refractivity contribution in [1.29, 1.82) is 0 Å². The normalized spacial score (nSPS) is 12.7. The molecule has 1 aliphatic rings. The van der Waals surface area contributed by atoms with Gasteiger partial charge in [0.2, 0.25) is 0 Å². The lowest BCUT2D eigenvalue weighted by atomic mass is 9.97. The van der Waals surface area contributed by atoms with Crippen molar-refractivity contribution in [3.05, 3.63) is 81.6 Å². The van der Waals surface area contributed by atoms with Gasteiger partial charge in [0.1, 0.15) is 12.2 Å². The summed E-state index contributed by atoms with van der Waals surface area (Å²) in [6.07, 6.45) is 1.40. The van der Waals surface area contributed by atoms with Crippen molar-refractivity contribution in [3.8, 4) is 22.8 Å². The van der Waals surface area contributed by atoms with Crippen LogP contribution in [-0.2, 0) is 13.2 Å². The maximum absolute atomic E-state index is 12.5. The van der Waals surface area contributed by atoms with Crippen molar-refractivity contribution in [2.45, 2.75) is 39.5 Å². The standard InChI is InChI=1S/C25H26N2O5/c1-25(2,3)27-13-17-10-23(32-15-16-8-6-5-7-9-16)22(31-4)11-18(17)20-12-21(28)19(24(29)30)14-26(20)27/h5-12,14H,13,15H2,1-4H3,(H,29,30). The largest absolute Gasteiger partial charge is 0.493 e. The van der Waals surface area contributed by atoms with Crippen LogP contribution in [0.25, 0.3) is 11.3 Å². The topological polar surface area (TPSA) is 81.0 Å². The number of hydrogen-bond acceptors (Lipinski definition) is 5. The van der Waals surface area contributed by atoms with Gasteiger partial charge < -0.3 is 19.6 Å². The summed E-state index contributed by atoms with van der Waals surface area (Å²) in [5.41, 5.74) is 2.30. The molecule has 0 saturated carbocycles. The number of benzene rings is 2. The van der Waals surface area contributed by atoms with Crippen molar-refractivity contribution < 1.29 is 19.4 Å². The number of aromatic nitrogens is 1. The molecule has 0 spiro atoms. The van der Waals surface area contributed by atoms with Crippen LogP contribution in [0.3, 0.4) is 0 Å². The molecule has 1 aliphatic heterocycles. The number of methoxy groups -OCH3 is 1. The summed E-state index contributed by atoms with van der Waals surface area (Å²) in [6.45, 7) is 7.03. The Morgan fingerprint density at radius 2 is 1.81 bits per heavy atom. The zero-order valence-electron chi connectivity index (χ0n) is 18.6. The van der Waals surface area contributed by atoms with Gasteiger partial charge in [-0.3, -0.25) is 9.47 Å². The van der Waals surface area contributed by atoms with E-state index in [0.29, 0.717) is 30.3 Å². The van der Waals surface area contributed by atoms with E-state index >= 15 is 0 Å². The van der Waals surface area contributed by atoms with Gasteiger partial charge in [-0.25, -0.2) is 4.79 Å². The Bertz CT molecular complexity index is 1230. The molecule has 0 saturated heterocycles. The molecular weight excluding hydrogens is 408 g/mol. The lowest BCUT2D eigenvalue weighted by molar-refractivity contribution is 0.0694. The first-order valence-corrected chi connectivity index (χ1v) is 10.3. The zero-order chi connectivity index (χ0) is 23.0. The summed E-state index contributed by atoms with van der Waals surface area (Å²) in [4.78, 5) is 24.1. The summed E-state index contributed by atoms with van der Waals surface area (Å²) in [7, 11) is 1.57. The van der Waals surface area contributed by atoms with E-state index in [0.717, 1.165) is 16.7 Å². The van der Waals surface area contributed by atoms with Crippen LogP contribution in [0, 0.1) is 0 Å². The Morgan fingerprint density at radius 3 is 2.44 bits per heavy atom. The monoisotopic (exact) mass is 434 g/mol. The predicted molar refractivity (Wildman–Crippen MR) is 122 cm³/mol. The van der Waals surface area contributed by atoms with E-state index in [1.165, 1.54) is 12.3 Å². The fourth-order valence-electron chi connectivity index (χ4n) is 3.86. The molecule has 7 nitrogen and oxygen atoms in total. The average Bonchev–Trinajstić information content (AvgIpc) is 2.76. The number of carboxylic acids is 1. The third-order valence-corrected chi connectivity index (χ3v) is 5.52. The van der Waals surface area contributed by atoms with E-state index in [1.54, 1.807) is 11.8 Å². The molecule has 166 valence electrons. The van der Waals surface area contributed by atoms with Gasteiger partial charge in [-0.05, 0) is 44.0 Å². The Kier molecular flexibility index (Phi) is 5.42. The molecule has 0 bridgehead atoms.